The third-order valence-corrected chi connectivity index (χ3v) is 5.24. The summed E-state index contributed by atoms with van der Waals surface area (Å²) < 4.78 is 6.31. The molecule has 8 heteroatoms. The van der Waals surface area contributed by atoms with Crippen molar-refractivity contribution in [1.82, 2.24) is 14.8 Å². The number of fused-ring (bicyclic) bond motifs is 1. The fourth-order valence-electron chi connectivity index (χ4n) is 2.39. The predicted octanol–water partition coefficient (Wildman–Crippen LogP) is 4.31. The largest absolute Gasteiger partial charge is 0.507 e. The van der Waals surface area contributed by atoms with Gasteiger partial charge < -0.3 is 19.6 Å². The number of phenolic OH excluding ortho intramolecular Hbond substituents is 1. The first-order chi connectivity index (χ1) is 12.8. The highest BCUT2D eigenvalue weighted by atomic mass is 35.5. The number of nitrogens with zero attached hydrogens (tertiary/aromatic N) is 3. The molecule has 0 bridgehead atoms. The van der Waals surface area contributed by atoms with Gasteiger partial charge in [0, 0.05) is 31.2 Å². The quantitative estimate of drug-likeness (QED) is 0.685. The van der Waals surface area contributed by atoms with E-state index < -0.39 is 6.09 Å². The number of carbonyl (C=O) groups is 1. The minimum absolute atomic E-state index is 0.0794. The van der Waals surface area contributed by atoms with Gasteiger partial charge in [0.05, 0.1) is 15.8 Å². The summed E-state index contributed by atoms with van der Waals surface area (Å²) >= 11 is 7.29. The van der Waals surface area contributed by atoms with Crippen molar-refractivity contribution in [1.29, 1.82) is 0 Å². The van der Waals surface area contributed by atoms with Crippen LogP contribution in [0.5, 0.6) is 11.5 Å². The van der Waals surface area contributed by atoms with Crippen LogP contribution in [0.1, 0.15) is 0 Å². The summed E-state index contributed by atoms with van der Waals surface area (Å²) in [6, 6.07) is 10.2. The van der Waals surface area contributed by atoms with Gasteiger partial charge in [0.25, 0.3) is 0 Å². The van der Waals surface area contributed by atoms with Gasteiger partial charge in [0.1, 0.15) is 16.5 Å². The molecule has 1 heterocycles. The molecule has 0 aliphatic heterocycles. The molecule has 0 fully saturated rings. The van der Waals surface area contributed by atoms with Gasteiger partial charge in [-0.3, -0.25) is 0 Å². The Morgan fingerprint density at radius 2 is 1.96 bits per heavy atom. The van der Waals surface area contributed by atoms with Crippen LogP contribution in [0.3, 0.4) is 0 Å². The molecule has 0 radical (unpaired) electrons. The molecule has 2 aromatic carbocycles. The Morgan fingerprint density at radius 1 is 1.19 bits per heavy atom. The maximum atomic E-state index is 12.2. The smallest absolute Gasteiger partial charge is 0.415 e. The van der Waals surface area contributed by atoms with Crippen molar-refractivity contribution < 1.29 is 14.6 Å². The van der Waals surface area contributed by atoms with Crippen LogP contribution in [0.15, 0.2) is 36.4 Å². The Kier molecular flexibility index (Phi) is 5.84. The van der Waals surface area contributed by atoms with Crippen molar-refractivity contribution in [2.45, 2.75) is 0 Å². The summed E-state index contributed by atoms with van der Waals surface area (Å²) in [6.07, 6.45) is -0.406. The van der Waals surface area contributed by atoms with Crippen molar-refractivity contribution in [2.75, 3.05) is 34.2 Å². The van der Waals surface area contributed by atoms with Gasteiger partial charge in [0.2, 0.25) is 0 Å². The van der Waals surface area contributed by atoms with Crippen molar-refractivity contribution in [3.63, 3.8) is 0 Å². The lowest BCUT2D eigenvalue weighted by Crippen LogP contribution is -2.35. The Hall–Kier alpha value is -2.35. The van der Waals surface area contributed by atoms with Crippen LogP contribution >= 0.6 is 22.9 Å². The zero-order valence-electron chi connectivity index (χ0n) is 15.3. The number of phenols is 1. The molecule has 0 saturated carbocycles. The third-order valence-electron chi connectivity index (χ3n) is 3.95. The van der Waals surface area contributed by atoms with Crippen molar-refractivity contribution in [3.05, 3.63) is 41.4 Å². The number of rotatable bonds is 5. The van der Waals surface area contributed by atoms with E-state index >= 15 is 0 Å². The van der Waals surface area contributed by atoms with Crippen LogP contribution in [0.25, 0.3) is 20.8 Å². The summed E-state index contributed by atoms with van der Waals surface area (Å²) in [6.45, 7) is 1.34. The molecule has 0 aliphatic rings. The molecular weight excluding hydrogens is 386 g/mol. The Morgan fingerprint density at radius 3 is 2.67 bits per heavy atom. The van der Waals surface area contributed by atoms with Gasteiger partial charge in [-0.1, -0.05) is 11.6 Å². The number of ether oxygens (including phenoxy) is 1. The summed E-state index contributed by atoms with van der Waals surface area (Å²) in [7, 11) is 5.61. The summed E-state index contributed by atoms with van der Waals surface area (Å²) in [5, 5.41) is 11.2. The van der Waals surface area contributed by atoms with E-state index in [1.807, 2.05) is 19.0 Å². The maximum Gasteiger partial charge on any atom is 0.415 e. The molecule has 1 aromatic heterocycles. The first kappa shape index (κ1) is 19.4. The van der Waals surface area contributed by atoms with E-state index in [0.29, 0.717) is 27.9 Å². The SMILES string of the molecule is CN(C)CCN(C)C(=O)Oc1ccc2nc(-c3ccc(Cl)cc3O)sc2c1. The Labute approximate surface area is 166 Å². The molecule has 0 unspecified atom stereocenters. The molecule has 1 N–H and O–H groups in total. The molecule has 0 spiro atoms. The van der Waals surface area contributed by atoms with Crippen LogP contribution in [0, 0.1) is 0 Å². The van der Waals surface area contributed by atoms with Gasteiger partial charge in [0.15, 0.2) is 0 Å². The van der Waals surface area contributed by atoms with E-state index in [1.54, 1.807) is 37.4 Å². The van der Waals surface area contributed by atoms with Crippen LogP contribution in [-0.2, 0) is 0 Å². The minimum atomic E-state index is -0.406. The second-order valence-corrected chi connectivity index (χ2v) is 7.87. The molecule has 0 atom stereocenters. The second-order valence-electron chi connectivity index (χ2n) is 6.40. The number of hydrogen-bond acceptors (Lipinski definition) is 6. The van der Waals surface area contributed by atoms with E-state index in [0.717, 1.165) is 16.8 Å². The predicted molar refractivity (Wildman–Crippen MR) is 109 cm³/mol. The van der Waals surface area contributed by atoms with Crippen molar-refractivity contribution >= 4 is 39.2 Å². The number of likely N-dealkylation sites (N-methyl/N-ethyl adjacent to an activating group) is 2. The average molecular weight is 406 g/mol. The number of thiazole rings is 1. The number of aromatic hydroxyl groups is 1. The molecular formula is C19H20ClN3O3S. The summed E-state index contributed by atoms with van der Waals surface area (Å²) in [5.74, 6) is 0.537. The number of halogens is 1. The van der Waals surface area contributed by atoms with E-state index in [4.69, 9.17) is 16.3 Å². The lowest BCUT2D eigenvalue weighted by Gasteiger charge is -2.19. The maximum absolute atomic E-state index is 12.2. The monoisotopic (exact) mass is 405 g/mol. The van der Waals surface area contributed by atoms with Gasteiger partial charge in [-0.05, 0) is 44.4 Å². The highest BCUT2D eigenvalue weighted by Gasteiger charge is 2.14. The molecule has 3 rings (SSSR count). The zero-order chi connectivity index (χ0) is 19.6. The van der Waals surface area contributed by atoms with Gasteiger partial charge >= 0.3 is 6.09 Å². The number of carbonyl (C=O) groups excluding carboxylic acids is 1. The van der Waals surface area contributed by atoms with Crippen molar-refractivity contribution in [3.8, 4) is 22.1 Å². The standard InChI is InChI=1S/C19H20ClN3O3S/c1-22(2)8-9-23(3)19(25)26-13-5-7-15-17(11-13)27-18(21-15)14-6-4-12(20)10-16(14)24/h4-7,10-11,24H,8-9H2,1-3H3. The Bertz CT molecular complexity index is 974. The highest BCUT2D eigenvalue weighted by molar-refractivity contribution is 7.21. The van der Waals surface area contributed by atoms with Gasteiger partial charge in [-0.25, -0.2) is 9.78 Å². The van der Waals surface area contributed by atoms with Crippen LogP contribution in [0.2, 0.25) is 5.02 Å². The zero-order valence-corrected chi connectivity index (χ0v) is 16.8. The number of amides is 1. The van der Waals surface area contributed by atoms with Crippen molar-refractivity contribution in [2.24, 2.45) is 0 Å². The van der Waals surface area contributed by atoms with E-state index in [-0.39, 0.29) is 5.75 Å². The second kappa shape index (κ2) is 8.12. The summed E-state index contributed by atoms with van der Waals surface area (Å²) in [4.78, 5) is 20.3. The topological polar surface area (TPSA) is 65.9 Å². The number of benzene rings is 2. The molecule has 0 saturated heterocycles. The minimum Gasteiger partial charge on any atom is -0.507 e. The van der Waals surface area contributed by atoms with E-state index in [9.17, 15) is 9.90 Å². The van der Waals surface area contributed by atoms with E-state index in [2.05, 4.69) is 4.98 Å². The molecule has 142 valence electrons. The van der Waals surface area contributed by atoms with Crippen LogP contribution in [0.4, 0.5) is 4.79 Å². The average Bonchev–Trinajstić information content (AvgIpc) is 3.02. The fourth-order valence-corrected chi connectivity index (χ4v) is 3.58. The lowest BCUT2D eigenvalue weighted by atomic mass is 10.2. The number of aromatic nitrogens is 1. The highest BCUT2D eigenvalue weighted by Crippen LogP contribution is 2.37. The lowest BCUT2D eigenvalue weighted by molar-refractivity contribution is 0.159. The summed E-state index contributed by atoms with van der Waals surface area (Å²) in [5.41, 5.74) is 1.38. The third kappa shape index (κ3) is 4.68. The fraction of sp³-hybridized carbons (Fsp3) is 0.263. The normalized spacial score (nSPS) is 11.1. The van der Waals surface area contributed by atoms with Gasteiger partial charge in [-0.2, -0.15) is 0 Å². The first-order valence-corrected chi connectivity index (χ1v) is 9.50. The first-order valence-electron chi connectivity index (χ1n) is 8.30. The number of hydrogen-bond donors (Lipinski definition) is 1. The van der Waals surface area contributed by atoms with Crippen LogP contribution in [-0.4, -0.2) is 60.2 Å². The molecule has 3 aromatic rings. The van der Waals surface area contributed by atoms with Crippen LogP contribution < -0.4 is 4.74 Å². The van der Waals surface area contributed by atoms with Gasteiger partial charge in [-0.15, -0.1) is 11.3 Å². The molecule has 27 heavy (non-hydrogen) atoms. The molecule has 1 amide bonds. The van der Waals surface area contributed by atoms with E-state index in [1.165, 1.54) is 22.3 Å². The molecule has 6 nitrogen and oxygen atoms in total. The molecule has 0 aliphatic carbocycles. The Balaban J connectivity index is 1.78.